The number of piperazine rings is 1. The Bertz CT molecular complexity index is 702. The molecule has 1 aliphatic heterocycles. The molecule has 2 aromatic rings. The van der Waals surface area contributed by atoms with Crippen LogP contribution in [-0.2, 0) is 6.42 Å². The van der Waals surface area contributed by atoms with E-state index in [0.717, 1.165) is 30.8 Å². The van der Waals surface area contributed by atoms with Crippen LogP contribution in [-0.4, -0.2) is 37.0 Å². The molecule has 0 radical (unpaired) electrons. The average molecular weight is 344 g/mol. The van der Waals surface area contributed by atoms with Crippen LogP contribution in [0.3, 0.4) is 0 Å². The lowest BCUT2D eigenvalue weighted by atomic mass is 10.1. The maximum atomic E-state index is 12.6. The minimum Gasteiger partial charge on any atom is -0.397 e. The Hall–Kier alpha value is -2.20. The van der Waals surface area contributed by atoms with Crippen molar-refractivity contribution < 1.29 is 4.79 Å². The SMILES string of the molecule is CCc1ccc(C(=O)N2CCN(c3c(N)cccc3Cl)CC2)cc1. The lowest BCUT2D eigenvalue weighted by Gasteiger charge is -2.37. The first kappa shape index (κ1) is 16.7. The standard InChI is InChI=1S/C19H22ClN3O/c1-2-14-6-8-15(9-7-14)19(24)23-12-10-22(11-13-23)18-16(20)4-3-5-17(18)21/h3-9H,2,10-13,21H2,1H3. The highest BCUT2D eigenvalue weighted by atomic mass is 35.5. The summed E-state index contributed by atoms with van der Waals surface area (Å²) in [6.07, 6.45) is 0.979. The van der Waals surface area contributed by atoms with Crippen LogP contribution in [0, 0.1) is 0 Å². The van der Waals surface area contributed by atoms with Gasteiger partial charge in [0, 0.05) is 31.7 Å². The second kappa shape index (κ2) is 7.14. The van der Waals surface area contributed by atoms with Gasteiger partial charge in [0.05, 0.1) is 16.4 Å². The monoisotopic (exact) mass is 343 g/mol. The lowest BCUT2D eigenvalue weighted by Crippen LogP contribution is -2.49. The van der Waals surface area contributed by atoms with Gasteiger partial charge in [0.25, 0.3) is 5.91 Å². The second-order valence-electron chi connectivity index (χ2n) is 6.01. The Morgan fingerprint density at radius 3 is 2.33 bits per heavy atom. The number of hydrogen-bond acceptors (Lipinski definition) is 3. The predicted octanol–water partition coefficient (Wildman–Crippen LogP) is 3.45. The van der Waals surface area contributed by atoms with Crippen LogP contribution in [0.5, 0.6) is 0 Å². The summed E-state index contributed by atoms with van der Waals surface area (Å²) in [5.74, 6) is 0.0874. The van der Waals surface area contributed by atoms with Crippen molar-refractivity contribution in [2.45, 2.75) is 13.3 Å². The number of para-hydroxylation sites is 1. The minimum atomic E-state index is 0.0874. The fraction of sp³-hybridized carbons (Fsp3) is 0.316. The molecule has 2 N–H and O–H groups in total. The number of amides is 1. The first-order chi connectivity index (χ1) is 11.6. The molecule has 1 aliphatic rings. The van der Waals surface area contributed by atoms with Gasteiger partial charge >= 0.3 is 0 Å². The lowest BCUT2D eigenvalue weighted by molar-refractivity contribution is 0.0747. The number of nitrogens with zero attached hydrogens (tertiary/aromatic N) is 2. The zero-order chi connectivity index (χ0) is 17.1. The summed E-state index contributed by atoms with van der Waals surface area (Å²) < 4.78 is 0. The van der Waals surface area contributed by atoms with Crippen molar-refractivity contribution in [1.82, 2.24) is 4.90 Å². The Kier molecular flexibility index (Phi) is 4.95. The van der Waals surface area contributed by atoms with Gasteiger partial charge < -0.3 is 15.5 Å². The molecular weight excluding hydrogens is 322 g/mol. The van der Waals surface area contributed by atoms with E-state index in [-0.39, 0.29) is 5.91 Å². The maximum absolute atomic E-state index is 12.6. The summed E-state index contributed by atoms with van der Waals surface area (Å²) in [7, 11) is 0. The van der Waals surface area contributed by atoms with Crippen LogP contribution in [0.25, 0.3) is 0 Å². The first-order valence-corrected chi connectivity index (χ1v) is 8.65. The summed E-state index contributed by atoms with van der Waals surface area (Å²) >= 11 is 6.28. The van der Waals surface area contributed by atoms with Crippen molar-refractivity contribution in [2.24, 2.45) is 0 Å². The van der Waals surface area contributed by atoms with Gasteiger partial charge in [-0.3, -0.25) is 4.79 Å². The molecule has 4 nitrogen and oxygen atoms in total. The van der Waals surface area contributed by atoms with Gasteiger partial charge in [0.2, 0.25) is 0 Å². The molecule has 3 rings (SSSR count). The summed E-state index contributed by atoms with van der Waals surface area (Å²) in [5, 5.41) is 0.657. The molecule has 1 fully saturated rings. The maximum Gasteiger partial charge on any atom is 0.253 e. The minimum absolute atomic E-state index is 0.0874. The average Bonchev–Trinajstić information content (AvgIpc) is 2.62. The van der Waals surface area contributed by atoms with Crippen molar-refractivity contribution in [2.75, 3.05) is 36.8 Å². The van der Waals surface area contributed by atoms with Crippen molar-refractivity contribution in [1.29, 1.82) is 0 Å². The molecule has 0 aliphatic carbocycles. The Labute approximate surface area is 147 Å². The molecule has 0 bridgehead atoms. The van der Waals surface area contributed by atoms with E-state index < -0.39 is 0 Å². The number of hydrogen-bond donors (Lipinski definition) is 1. The van der Waals surface area contributed by atoms with Gasteiger partial charge in [-0.1, -0.05) is 36.7 Å². The van der Waals surface area contributed by atoms with E-state index in [1.807, 2.05) is 47.4 Å². The largest absolute Gasteiger partial charge is 0.397 e. The molecule has 5 heteroatoms. The van der Waals surface area contributed by atoms with E-state index in [2.05, 4.69) is 11.8 Å². The van der Waals surface area contributed by atoms with E-state index in [4.69, 9.17) is 17.3 Å². The number of nitrogen functional groups attached to an aromatic ring is 1. The summed E-state index contributed by atoms with van der Waals surface area (Å²) in [4.78, 5) is 16.7. The van der Waals surface area contributed by atoms with Gasteiger partial charge in [-0.2, -0.15) is 0 Å². The van der Waals surface area contributed by atoms with Crippen molar-refractivity contribution in [3.05, 3.63) is 58.6 Å². The fourth-order valence-electron chi connectivity index (χ4n) is 3.06. The topological polar surface area (TPSA) is 49.6 Å². The number of carbonyl (C=O) groups excluding carboxylic acids is 1. The molecule has 2 aromatic carbocycles. The smallest absolute Gasteiger partial charge is 0.253 e. The molecule has 0 unspecified atom stereocenters. The number of aryl methyl sites for hydroxylation is 1. The summed E-state index contributed by atoms with van der Waals surface area (Å²) in [6.45, 7) is 4.90. The normalized spacial score (nSPS) is 14.8. The third kappa shape index (κ3) is 3.34. The number of halogens is 1. The van der Waals surface area contributed by atoms with Gasteiger partial charge in [0.15, 0.2) is 0 Å². The van der Waals surface area contributed by atoms with E-state index in [1.165, 1.54) is 5.56 Å². The van der Waals surface area contributed by atoms with Crippen molar-refractivity contribution >= 4 is 28.9 Å². The molecule has 24 heavy (non-hydrogen) atoms. The Morgan fingerprint density at radius 2 is 1.75 bits per heavy atom. The zero-order valence-corrected chi connectivity index (χ0v) is 14.6. The van der Waals surface area contributed by atoms with E-state index in [9.17, 15) is 4.79 Å². The number of nitrogens with two attached hydrogens (primary N) is 1. The number of rotatable bonds is 3. The van der Waals surface area contributed by atoms with Crippen LogP contribution in [0.2, 0.25) is 5.02 Å². The Balaban J connectivity index is 1.67. The third-order valence-electron chi connectivity index (χ3n) is 4.51. The van der Waals surface area contributed by atoms with Gasteiger partial charge in [-0.15, -0.1) is 0 Å². The molecule has 0 atom stereocenters. The molecular formula is C19H22ClN3O. The van der Waals surface area contributed by atoms with Crippen LogP contribution in [0.4, 0.5) is 11.4 Å². The van der Waals surface area contributed by atoms with Crippen LogP contribution < -0.4 is 10.6 Å². The van der Waals surface area contributed by atoms with Crippen molar-refractivity contribution in [3.8, 4) is 0 Å². The highest BCUT2D eigenvalue weighted by molar-refractivity contribution is 6.34. The zero-order valence-electron chi connectivity index (χ0n) is 13.8. The molecule has 0 saturated carbocycles. The predicted molar refractivity (Wildman–Crippen MR) is 99.8 cm³/mol. The molecule has 1 heterocycles. The Morgan fingerprint density at radius 1 is 1.08 bits per heavy atom. The van der Waals surface area contributed by atoms with E-state index in [1.54, 1.807) is 0 Å². The molecule has 0 aromatic heterocycles. The van der Waals surface area contributed by atoms with Gasteiger partial charge in [-0.05, 0) is 36.2 Å². The van der Waals surface area contributed by atoms with Crippen LogP contribution >= 0.6 is 11.6 Å². The fourth-order valence-corrected chi connectivity index (χ4v) is 3.37. The molecule has 1 amide bonds. The third-order valence-corrected chi connectivity index (χ3v) is 4.82. The highest BCUT2D eigenvalue weighted by Crippen LogP contribution is 2.32. The van der Waals surface area contributed by atoms with Gasteiger partial charge in [0.1, 0.15) is 0 Å². The molecule has 126 valence electrons. The van der Waals surface area contributed by atoms with Gasteiger partial charge in [-0.25, -0.2) is 0 Å². The number of carbonyl (C=O) groups is 1. The van der Waals surface area contributed by atoms with E-state index >= 15 is 0 Å². The summed E-state index contributed by atoms with van der Waals surface area (Å²) in [5.41, 5.74) is 9.60. The summed E-state index contributed by atoms with van der Waals surface area (Å²) in [6, 6.07) is 13.4. The van der Waals surface area contributed by atoms with Crippen LogP contribution in [0.15, 0.2) is 42.5 Å². The van der Waals surface area contributed by atoms with E-state index in [0.29, 0.717) is 23.8 Å². The van der Waals surface area contributed by atoms with Crippen LogP contribution in [0.1, 0.15) is 22.8 Å². The van der Waals surface area contributed by atoms with Crippen molar-refractivity contribution in [3.63, 3.8) is 0 Å². The molecule has 0 spiro atoms. The second-order valence-corrected chi connectivity index (χ2v) is 6.41. The first-order valence-electron chi connectivity index (χ1n) is 8.27. The number of benzene rings is 2. The quantitative estimate of drug-likeness (QED) is 0.868. The highest BCUT2D eigenvalue weighted by Gasteiger charge is 2.24. The molecule has 1 saturated heterocycles. The number of anilines is 2.